The minimum Gasteiger partial charge on any atom is -0.465 e. The molecule has 0 spiro atoms. The zero-order valence-corrected chi connectivity index (χ0v) is 5.22. The van der Waals surface area contributed by atoms with Crippen LogP contribution in [-0.2, 0) is 14.3 Å². The second-order valence-electron chi connectivity index (χ2n) is 1.98. The van der Waals surface area contributed by atoms with Gasteiger partial charge in [-0.1, -0.05) is 0 Å². The summed E-state index contributed by atoms with van der Waals surface area (Å²) in [4.78, 5) is 20.9. The highest BCUT2D eigenvalue weighted by molar-refractivity contribution is 6.12. The molecular weight excluding hydrogens is 120 g/mol. The molecule has 1 rings (SSSR count). The first-order chi connectivity index (χ1) is 4.25. The Hall–Kier alpha value is -0.860. The highest BCUT2D eigenvalue weighted by atomic mass is 16.5. The Kier molecular flexibility index (Phi) is 1.51. The second-order valence-corrected chi connectivity index (χ2v) is 1.98. The molecule has 1 fully saturated rings. The second kappa shape index (κ2) is 2.17. The van der Waals surface area contributed by atoms with Gasteiger partial charge in [-0.2, -0.15) is 0 Å². The van der Waals surface area contributed by atoms with E-state index in [0.29, 0.717) is 13.0 Å². The summed E-state index contributed by atoms with van der Waals surface area (Å²) >= 11 is 0. The number of hydrogen-bond acceptors (Lipinski definition) is 3. The number of carbonyl (C=O) groups excluding carboxylic acids is 2. The Bertz CT molecular complexity index is 150. The zero-order chi connectivity index (χ0) is 6.85. The van der Waals surface area contributed by atoms with Crippen molar-refractivity contribution in [2.45, 2.75) is 13.3 Å². The first-order valence-corrected chi connectivity index (χ1v) is 2.95. The van der Waals surface area contributed by atoms with Crippen LogP contribution in [0.15, 0.2) is 0 Å². The molecule has 0 aromatic rings. The number of esters is 1. The van der Waals surface area contributed by atoms with Crippen molar-refractivity contribution >= 4 is 11.8 Å². The molecule has 0 saturated heterocycles. The lowest BCUT2D eigenvalue weighted by Gasteiger charge is -1.94. The largest absolute Gasteiger partial charge is 0.465 e. The van der Waals surface area contributed by atoms with Gasteiger partial charge in [0.15, 0.2) is 0 Å². The van der Waals surface area contributed by atoms with Gasteiger partial charge in [0.1, 0.15) is 11.7 Å². The van der Waals surface area contributed by atoms with Crippen molar-refractivity contribution in [2.75, 3.05) is 6.61 Å². The first-order valence-electron chi connectivity index (χ1n) is 2.95. The predicted molar refractivity (Wildman–Crippen MR) is 29.7 cm³/mol. The van der Waals surface area contributed by atoms with E-state index >= 15 is 0 Å². The van der Waals surface area contributed by atoms with Gasteiger partial charge in [0.25, 0.3) is 0 Å². The number of rotatable bonds is 2. The third-order valence-electron chi connectivity index (χ3n) is 1.20. The van der Waals surface area contributed by atoms with E-state index in [4.69, 9.17) is 0 Å². The number of ketones is 1. The van der Waals surface area contributed by atoms with E-state index in [1.807, 2.05) is 0 Å². The summed E-state index contributed by atoms with van der Waals surface area (Å²) in [5, 5.41) is 0. The van der Waals surface area contributed by atoms with Crippen LogP contribution in [-0.4, -0.2) is 18.4 Å². The van der Waals surface area contributed by atoms with Crippen molar-refractivity contribution in [3.8, 4) is 0 Å². The molecule has 50 valence electrons. The number of hydrogen-bond donors (Lipinski definition) is 0. The molecule has 0 aromatic heterocycles. The zero-order valence-electron chi connectivity index (χ0n) is 5.22. The van der Waals surface area contributed by atoms with Crippen molar-refractivity contribution in [3.63, 3.8) is 0 Å². The Morgan fingerprint density at radius 1 is 1.89 bits per heavy atom. The Morgan fingerprint density at radius 2 is 2.44 bits per heavy atom. The van der Waals surface area contributed by atoms with Crippen LogP contribution in [0.4, 0.5) is 0 Å². The Morgan fingerprint density at radius 3 is 2.78 bits per heavy atom. The quantitative estimate of drug-likeness (QED) is 0.392. The first kappa shape index (κ1) is 6.26. The number of Topliss-reactive ketones (excluding diaryl/α,β-unsaturated/α-hetero) is 1. The van der Waals surface area contributed by atoms with E-state index in [9.17, 15) is 9.59 Å². The number of ether oxygens (including phenoxy) is 1. The van der Waals surface area contributed by atoms with Crippen molar-refractivity contribution in [1.29, 1.82) is 0 Å². The fourth-order valence-corrected chi connectivity index (χ4v) is 0.600. The molecule has 0 radical (unpaired) electrons. The molecule has 1 aliphatic carbocycles. The molecule has 9 heavy (non-hydrogen) atoms. The molecule has 0 aliphatic heterocycles. The van der Waals surface area contributed by atoms with Gasteiger partial charge in [0.05, 0.1) is 6.61 Å². The van der Waals surface area contributed by atoms with Crippen LogP contribution in [0.1, 0.15) is 13.3 Å². The molecule has 3 heteroatoms. The SMILES string of the molecule is CCOC(=O)C1CC1=O. The summed E-state index contributed by atoms with van der Waals surface area (Å²) in [6.07, 6.45) is 0.388. The summed E-state index contributed by atoms with van der Waals surface area (Å²) in [5.74, 6) is -0.763. The molecule has 1 atom stereocenters. The average Bonchev–Trinajstić information content (AvgIpc) is 2.47. The predicted octanol–water partition coefficient (Wildman–Crippen LogP) is 0.139. The summed E-state index contributed by atoms with van der Waals surface area (Å²) in [7, 11) is 0. The molecule has 0 heterocycles. The van der Waals surface area contributed by atoms with Crippen LogP contribution < -0.4 is 0 Å². The molecule has 0 aromatic carbocycles. The molecule has 1 saturated carbocycles. The van der Waals surface area contributed by atoms with Gasteiger partial charge in [-0.25, -0.2) is 0 Å². The molecule has 0 N–H and O–H groups in total. The van der Waals surface area contributed by atoms with Crippen molar-refractivity contribution in [2.24, 2.45) is 5.92 Å². The lowest BCUT2D eigenvalue weighted by atomic mass is 10.4. The summed E-state index contributed by atoms with van der Waals surface area (Å²) in [5.41, 5.74) is 0. The monoisotopic (exact) mass is 128 g/mol. The average molecular weight is 128 g/mol. The number of carbonyl (C=O) groups is 2. The van der Waals surface area contributed by atoms with Gasteiger partial charge in [-0.05, 0) is 6.92 Å². The van der Waals surface area contributed by atoms with Crippen LogP contribution in [0.25, 0.3) is 0 Å². The van der Waals surface area contributed by atoms with Gasteiger partial charge in [0.2, 0.25) is 0 Å². The standard InChI is InChI=1S/C6H8O3/c1-2-9-6(8)4-3-5(4)7/h4H,2-3H2,1H3. The van der Waals surface area contributed by atoms with Crippen LogP contribution in [0.3, 0.4) is 0 Å². The summed E-state index contributed by atoms with van der Waals surface area (Å²) in [6.45, 7) is 2.09. The molecular formula is C6H8O3. The molecule has 1 aliphatic rings. The van der Waals surface area contributed by atoms with Crippen LogP contribution in [0.5, 0.6) is 0 Å². The molecule has 0 bridgehead atoms. The molecule has 3 nitrogen and oxygen atoms in total. The van der Waals surface area contributed by atoms with Crippen LogP contribution in [0, 0.1) is 5.92 Å². The lowest BCUT2D eigenvalue weighted by molar-refractivity contribution is -0.145. The normalized spacial score (nSPS) is 23.7. The van der Waals surface area contributed by atoms with E-state index in [-0.39, 0.29) is 11.8 Å². The maximum Gasteiger partial charge on any atom is 0.316 e. The lowest BCUT2D eigenvalue weighted by Crippen LogP contribution is -2.06. The highest BCUT2D eigenvalue weighted by Gasteiger charge is 2.42. The highest BCUT2D eigenvalue weighted by Crippen LogP contribution is 2.24. The summed E-state index contributed by atoms with van der Waals surface area (Å²) in [6, 6.07) is 0. The van der Waals surface area contributed by atoms with Crippen molar-refractivity contribution in [1.82, 2.24) is 0 Å². The van der Waals surface area contributed by atoms with E-state index in [1.54, 1.807) is 6.92 Å². The van der Waals surface area contributed by atoms with Gasteiger partial charge >= 0.3 is 5.97 Å². The third kappa shape index (κ3) is 1.28. The summed E-state index contributed by atoms with van der Waals surface area (Å²) < 4.78 is 4.58. The fraction of sp³-hybridized carbons (Fsp3) is 0.667. The van der Waals surface area contributed by atoms with E-state index in [1.165, 1.54) is 0 Å². The van der Waals surface area contributed by atoms with Gasteiger partial charge in [-0.15, -0.1) is 0 Å². The third-order valence-corrected chi connectivity index (χ3v) is 1.20. The van der Waals surface area contributed by atoms with Gasteiger partial charge in [0, 0.05) is 6.42 Å². The van der Waals surface area contributed by atoms with Crippen molar-refractivity contribution < 1.29 is 14.3 Å². The topological polar surface area (TPSA) is 43.4 Å². The Balaban J connectivity index is 2.28. The maximum absolute atomic E-state index is 10.6. The van der Waals surface area contributed by atoms with Crippen LogP contribution >= 0.6 is 0 Å². The fourth-order valence-electron chi connectivity index (χ4n) is 0.600. The van der Waals surface area contributed by atoms with Crippen molar-refractivity contribution in [3.05, 3.63) is 0 Å². The minimum atomic E-state index is -0.412. The van der Waals surface area contributed by atoms with Gasteiger partial charge < -0.3 is 4.74 Å². The Labute approximate surface area is 53.0 Å². The minimum absolute atomic E-state index is 0.00782. The van der Waals surface area contributed by atoms with E-state index < -0.39 is 5.92 Å². The maximum atomic E-state index is 10.6. The van der Waals surface area contributed by atoms with E-state index in [2.05, 4.69) is 4.74 Å². The smallest absolute Gasteiger partial charge is 0.316 e. The van der Waals surface area contributed by atoms with Crippen LogP contribution in [0.2, 0.25) is 0 Å². The molecule has 1 unspecified atom stereocenters. The van der Waals surface area contributed by atoms with Gasteiger partial charge in [-0.3, -0.25) is 9.59 Å². The molecule has 0 amide bonds. The van der Waals surface area contributed by atoms with E-state index in [0.717, 1.165) is 0 Å².